The second kappa shape index (κ2) is 6.69. The van der Waals surface area contributed by atoms with Crippen LogP contribution in [0.2, 0.25) is 0 Å². The monoisotopic (exact) mass is 308 g/mol. The maximum atomic E-state index is 13.6. The highest BCUT2D eigenvalue weighted by Crippen LogP contribution is 2.29. The van der Waals surface area contributed by atoms with E-state index in [1.165, 1.54) is 33.1 Å². The summed E-state index contributed by atoms with van der Waals surface area (Å²) in [7, 11) is 1.17. The minimum atomic E-state index is -2.20. The second-order valence-electron chi connectivity index (χ2n) is 4.47. The van der Waals surface area contributed by atoms with Gasteiger partial charge in [-0.2, -0.15) is 0 Å². The van der Waals surface area contributed by atoms with E-state index in [-0.39, 0.29) is 0 Å². The van der Waals surface area contributed by atoms with E-state index in [0.29, 0.717) is 0 Å². The van der Waals surface area contributed by atoms with E-state index in [1.54, 1.807) is 0 Å². The molecule has 1 rings (SSSR count). The van der Waals surface area contributed by atoms with Gasteiger partial charge >= 0.3 is 5.97 Å². The number of carbonyl (C=O) groups excluding carboxylic acids is 1. The van der Waals surface area contributed by atoms with Gasteiger partial charge in [-0.3, -0.25) is 4.79 Å². The summed E-state index contributed by atoms with van der Waals surface area (Å²) >= 11 is 0. The molecule has 0 saturated carbocycles. The largest absolute Gasteiger partial charge is 0.469 e. The number of ether oxygens (including phenoxy) is 1. The van der Waals surface area contributed by atoms with Crippen LogP contribution >= 0.6 is 0 Å². The standard InChI is InChI=1S/C14H13F5O2/c1-6(4-5-7(2)14(20)21-3)8-9(15)11(17)13(19)12(18)10(8)16/h4-7H,1-3H3/t6-,7-/m0/s1. The Morgan fingerprint density at radius 2 is 1.33 bits per heavy atom. The maximum absolute atomic E-state index is 13.6. The third-order valence-electron chi connectivity index (χ3n) is 2.96. The van der Waals surface area contributed by atoms with Gasteiger partial charge in [0, 0.05) is 11.5 Å². The zero-order chi connectivity index (χ0) is 16.3. The topological polar surface area (TPSA) is 26.3 Å². The molecule has 0 aromatic heterocycles. The van der Waals surface area contributed by atoms with Crippen molar-refractivity contribution >= 4 is 5.97 Å². The van der Waals surface area contributed by atoms with Crippen LogP contribution in [0.15, 0.2) is 12.2 Å². The van der Waals surface area contributed by atoms with Gasteiger partial charge in [0.1, 0.15) is 0 Å². The van der Waals surface area contributed by atoms with Crippen molar-refractivity contribution in [2.24, 2.45) is 5.92 Å². The molecule has 2 nitrogen and oxygen atoms in total. The molecule has 2 atom stereocenters. The normalized spacial score (nSPS) is 14.3. The Morgan fingerprint density at radius 1 is 0.905 bits per heavy atom. The van der Waals surface area contributed by atoms with Crippen LogP contribution in [0, 0.1) is 35.0 Å². The summed E-state index contributed by atoms with van der Waals surface area (Å²) in [6, 6.07) is 0. The summed E-state index contributed by atoms with van der Waals surface area (Å²) in [5, 5.41) is 0. The predicted octanol–water partition coefficient (Wildman–Crippen LogP) is 3.85. The van der Waals surface area contributed by atoms with Crippen molar-refractivity contribution in [3.63, 3.8) is 0 Å². The zero-order valence-corrected chi connectivity index (χ0v) is 11.5. The molecule has 0 N–H and O–H groups in total. The molecule has 0 aliphatic rings. The Morgan fingerprint density at radius 3 is 1.76 bits per heavy atom. The minimum absolute atomic E-state index is 0.587. The zero-order valence-electron chi connectivity index (χ0n) is 11.5. The Bertz CT molecular complexity index is 554. The van der Waals surface area contributed by atoms with Crippen LogP contribution in [0.1, 0.15) is 25.3 Å². The third kappa shape index (κ3) is 3.40. The Hall–Kier alpha value is -1.92. The van der Waals surface area contributed by atoms with Crippen molar-refractivity contribution in [2.45, 2.75) is 19.8 Å². The second-order valence-corrected chi connectivity index (χ2v) is 4.47. The molecular formula is C14H13F5O2. The number of benzene rings is 1. The fraction of sp³-hybridized carbons (Fsp3) is 0.357. The van der Waals surface area contributed by atoms with Gasteiger partial charge in [-0.05, 0) is 6.92 Å². The predicted molar refractivity (Wildman–Crippen MR) is 65.0 cm³/mol. The van der Waals surface area contributed by atoms with Gasteiger partial charge in [0.25, 0.3) is 0 Å². The van der Waals surface area contributed by atoms with E-state index in [2.05, 4.69) is 4.74 Å². The van der Waals surface area contributed by atoms with Crippen LogP contribution in [-0.4, -0.2) is 13.1 Å². The molecule has 0 radical (unpaired) electrons. The molecule has 0 aliphatic carbocycles. The first kappa shape index (κ1) is 17.1. The van der Waals surface area contributed by atoms with Crippen LogP contribution in [0.25, 0.3) is 0 Å². The number of carbonyl (C=O) groups is 1. The summed E-state index contributed by atoms with van der Waals surface area (Å²) in [6.07, 6.45) is 2.45. The summed E-state index contributed by atoms with van der Waals surface area (Å²) in [4.78, 5) is 11.2. The SMILES string of the molecule is COC(=O)[C@@H](C)C=C[C@H](C)c1c(F)c(F)c(F)c(F)c1F. The number of esters is 1. The van der Waals surface area contributed by atoms with E-state index in [0.717, 1.165) is 0 Å². The summed E-state index contributed by atoms with van der Waals surface area (Å²) in [5.74, 6) is -12.4. The Labute approximate surface area is 118 Å². The van der Waals surface area contributed by atoms with Crippen LogP contribution in [0.5, 0.6) is 0 Å². The fourth-order valence-corrected chi connectivity index (χ4v) is 1.72. The number of hydrogen-bond acceptors (Lipinski definition) is 2. The van der Waals surface area contributed by atoms with Crippen molar-refractivity contribution < 1.29 is 31.5 Å². The molecular weight excluding hydrogens is 295 g/mol. The summed E-state index contributed by atoms with van der Waals surface area (Å²) < 4.78 is 70.6. The lowest BCUT2D eigenvalue weighted by molar-refractivity contribution is -0.143. The lowest BCUT2D eigenvalue weighted by Gasteiger charge is -2.12. The molecule has 0 heterocycles. The summed E-state index contributed by atoms with van der Waals surface area (Å²) in [6.45, 7) is 2.71. The van der Waals surface area contributed by atoms with Gasteiger partial charge in [0.15, 0.2) is 23.3 Å². The smallest absolute Gasteiger partial charge is 0.312 e. The fourth-order valence-electron chi connectivity index (χ4n) is 1.72. The Balaban J connectivity index is 3.17. The van der Waals surface area contributed by atoms with Crippen LogP contribution in [-0.2, 0) is 9.53 Å². The van der Waals surface area contributed by atoms with Crippen LogP contribution < -0.4 is 0 Å². The number of methoxy groups -OCH3 is 1. The average molecular weight is 308 g/mol. The molecule has 7 heteroatoms. The minimum Gasteiger partial charge on any atom is -0.469 e. The van der Waals surface area contributed by atoms with Crippen LogP contribution in [0.4, 0.5) is 22.0 Å². The highest BCUT2D eigenvalue weighted by atomic mass is 19.2. The van der Waals surface area contributed by atoms with E-state index >= 15 is 0 Å². The van der Waals surface area contributed by atoms with Crippen molar-refractivity contribution in [3.8, 4) is 0 Å². The molecule has 1 aromatic carbocycles. The van der Waals surface area contributed by atoms with Crippen molar-refractivity contribution in [1.82, 2.24) is 0 Å². The molecule has 0 amide bonds. The molecule has 21 heavy (non-hydrogen) atoms. The van der Waals surface area contributed by atoms with Gasteiger partial charge in [-0.15, -0.1) is 0 Å². The quantitative estimate of drug-likeness (QED) is 0.278. The highest BCUT2D eigenvalue weighted by molar-refractivity contribution is 5.73. The van der Waals surface area contributed by atoms with Crippen molar-refractivity contribution in [2.75, 3.05) is 7.11 Å². The van der Waals surface area contributed by atoms with Crippen molar-refractivity contribution in [3.05, 3.63) is 46.8 Å². The summed E-state index contributed by atoms with van der Waals surface area (Å²) in [5.41, 5.74) is -0.945. The van der Waals surface area contributed by atoms with Gasteiger partial charge in [-0.25, -0.2) is 22.0 Å². The maximum Gasteiger partial charge on any atom is 0.312 e. The van der Waals surface area contributed by atoms with Gasteiger partial charge in [0.2, 0.25) is 5.82 Å². The molecule has 0 spiro atoms. The Kier molecular flexibility index (Phi) is 5.46. The third-order valence-corrected chi connectivity index (χ3v) is 2.96. The molecule has 1 aromatic rings. The van der Waals surface area contributed by atoms with Crippen molar-refractivity contribution in [1.29, 1.82) is 0 Å². The van der Waals surface area contributed by atoms with E-state index < -0.39 is 52.5 Å². The number of hydrogen-bond donors (Lipinski definition) is 0. The molecule has 116 valence electrons. The average Bonchev–Trinajstić information content (AvgIpc) is 2.47. The molecule has 0 aliphatic heterocycles. The lowest BCUT2D eigenvalue weighted by atomic mass is 9.97. The number of allylic oxidation sites excluding steroid dienone is 1. The molecule has 0 saturated heterocycles. The first-order chi connectivity index (χ1) is 9.72. The number of halogens is 5. The molecule has 0 unspecified atom stereocenters. The molecule has 0 bridgehead atoms. The first-order valence-electron chi connectivity index (χ1n) is 5.99. The molecule has 0 fully saturated rings. The van der Waals surface area contributed by atoms with Gasteiger partial charge < -0.3 is 4.74 Å². The van der Waals surface area contributed by atoms with Gasteiger partial charge in [0.05, 0.1) is 13.0 Å². The van der Waals surface area contributed by atoms with Gasteiger partial charge in [-0.1, -0.05) is 19.1 Å². The van der Waals surface area contributed by atoms with E-state index in [9.17, 15) is 26.7 Å². The lowest BCUT2D eigenvalue weighted by Crippen LogP contribution is -2.11. The van der Waals surface area contributed by atoms with E-state index in [1.807, 2.05) is 0 Å². The first-order valence-corrected chi connectivity index (χ1v) is 5.99. The van der Waals surface area contributed by atoms with E-state index in [4.69, 9.17) is 0 Å². The van der Waals surface area contributed by atoms with Crippen LogP contribution in [0.3, 0.4) is 0 Å². The number of rotatable bonds is 4. The highest BCUT2D eigenvalue weighted by Gasteiger charge is 2.27.